The minimum absolute atomic E-state index is 0.165. The van der Waals surface area contributed by atoms with Crippen LogP contribution in [0.3, 0.4) is 0 Å². The van der Waals surface area contributed by atoms with E-state index in [1.807, 2.05) is 4.57 Å². The molecule has 2 aromatic rings. The van der Waals surface area contributed by atoms with Crippen molar-refractivity contribution in [2.24, 2.45) is 5.92 Å². The standard InChI is InChI=1S/C20H20N2O4.C4H10/c23-18-10-16-14-9-17(21-5-1-2-6-21)19-13(4-8-26-19)12(14)3-7-22(16)11-15(18)20(24)25;1-4(2)3/h9-11H,1-8H2,(H,24,25);4H,1-3H3. The van der Waals surface area contributed by atoms with E-state index in [0.717, 1.165) is 54.5 Å². The highest BCUT2D eigenvalue weighted by Crippen LogP contribution is 2.45. The van der Waals surface area contributed by atoms with Gasteiger partial charge in [0.2, 0.25) is 0 Å². The predicted molar refractivity (Wildman–Crippen MR) is 118 cm³/mol. The second-order valence-electron chi connectivity index (χ2n) is 8.94. The summed E-state index contributed by atoms with van der Waals surface area (Å²) >= 11 is 0. The fourth-order valence-electron chi connectivity index (χ4n) is 4.52. The van der Waals surface area contributed by atoms with Crippen LogP contribution in [0.2, 0.25) is 0 Å². The lowest BCUT2D eigenvalue weighted by atomic mass is 9.90. The summed E-state index contributed by atoms with van der Waals surface area (Å²) in [6.45, 7) is 9.94. The molecule has 1 fully saturated rings. The van der Waals surface area contributed by atoms with E-state index < -0.39 is 11.4 Å². The smallest absolute Gasteiger partial charge is 0.341 e. The van der Waals surface area contributed by atoms with Crippen molar-refractivity contribution in [2.75, 3.05) is 24.6 Å². The molecule has 0 atom stereocenters. The monoisotopic (exact) mass is 410 g/mol. The van der Waals surface area contributed by atoms with E-state index in [-0.39, 0.29) is 5.56 Å². The lowest BCUT2D eigenvalue weighted by molar-refractivity contribution is 0.0694. The van der Waals surface area contributed by atoms with Crippen LogP contribution in [0.25, 0.3) is 11.3 Å². The molecule has 0 radical (unpaired) electrons. The summed E-state index contributed by atoms with van der Waals surface area (Å²) in [6, 6.07) is 3.63. The summed E-state index contributed by atoms with van der Waals surface area (Å²) in [5.74, 6) is 0.680. The first-order valence-electron chi connectivity index (χ1n) is 10.9. The molecule has 1 aromatic heterocycles. The maximum absolute atomic E-state index is 12.3. The lowest BCUT2D eigenvalue weighted by Gasteiger charge is -2.28. The molecule has 0 spiro atoms. The van der Waals surface area contributed by atoms with Crippen LogP contribution in [-0.4, -0.2) is 35.3 Å². The maximum Gasteiger partial charge on any atom is 0.341 e. The average Bonchev–Trinajstić information content (AvgIpc) is 3.38. The molecule has 1 saturated heterocycles. The molecular weight excluding hydrogens is 380 g/mol. The molecule has 3 aliphatic heterocycles. The Morgan fingerprint density at radius 2 is 1.77 bits per heavy atom. The molecule has 5 rings (SSSR count). The summed E-state index contributed by atoms with van der Waals surface area (Å²) in [4.78, 5) is 26.0. The van der Waals surface area contributed by atoms with Crippen molar-refractivity contribution in [2.45, 2.75) is 53.0 Å². The summed E-state index contributed by atoms with van der Waals surface area (Å²) in [6.07, 6.45) is 5.59. The maximum atomic E-state index is 12.3. The third-order valence-corrected chi connectivity index (χ3v) is 5.76. The van der Waals surface area contributed by atoms with Gasteiger partial charge in [0.05, 0.1) is 18.0 Å². The number of carbonyl (C=O) groups is 1. The van der Waals surface area contributed by atoms with Crippen LogP contribution < -0.4 is 15.1 Å². The quantitative estimate of drug-likeness (QED) is 0.811. The van der Waals surface area contributed by atoms with Crippen LogP contribution in [0.15, 0.2) is 23.1 Å². The van der Waals surface area contributed by atoms with Gasteiger partial charge in [-0.3, -0.25) is 4.79 Å². The molecule has 30 heavy (non-hydrogen) atoms. The minimum Gasteiger partial charge on any atom is -0.491 e. The summed E-state index contributed by atoms with van der Waals surface area (Å²) < 4.78 is 7.89. The average molecular weight is 411 g/mol. The predicted octanol–water partition coefficient (Wildman–Crippen LogP) is 3.97. The highest BCUT2D eigenvalue weighted by Gasteiger charge is 2.30. The molecule has 160 valence electrons. The fraction of sp³-hybridized carbons (Fsp3) is 0.500. The highest BCUT2D eigenvalue weighted by molar-refractivity contribution is 5.88. The molecule has 0 unspecified atom stereocenters. The number of aryl methyl sites for hydroxylation is 1. The third kappa shape index (κ3) is 3.71. The topological polar surface area (TPSA) is 71.8 Å². The van der Waals surface area contributed by atoms with Gasteiger partial charge in [-0.2, -0.15) is 0 Å². The van der Waals surface area contributed by atoms with E-state index in [0.29, 0.717) is 13.2 Å². The Kier molecular flexibility index (Phi) is 5.58. The van der Waals surface area contributed by atoms with Crippen molar-refractivity contribution in [1.82, 2.24) is 4.57 Å². The third-order valence-electron chi connectivity index (χ3n) is 5.76. The first-order valence-corrected chi connectivity index (χ1v) is 10.9. The number of hydrogen-bond donors (Lipinski definition) is 1. The Balaban J connectivity index is 0.000000503. The van der Waals surface area contributed by atoms with Crippen LogP contribution in [0.5, 0.6) is 5.75 Å². The van der Waals surface area contributed by atoms with Gasteiger partial charge in [-0.1, -0.05) is 20.8 Å². The number of benzene rings is 1. The first kappa shape index (κ1) is 20.5. The van der Waals surface area contributed by atoms with Gasteiger partial charge in [0.1, 0.15) is 11.3 Å². The van der Waals surface area contributed by atoms with Crippen LogP contribution in [0.1, 0.15) is 55.1 Å². The van der Waals surface area contributed by atoms with E-state index >= 15 is 0 Å². The number of carboxylic acids is 1. The van der Waals surface area contributed by atoms with Crippen LogP contribution in [0, 0.1) is 5.92 Å². The molecule has 3 aliphatic rings. The number of aromatic carboxylic acids is 1. The summed E-state index contributed by atoms with van der Waals surface area (Å²) in [5.41, 5.74) is 4.91. The van der Waals surface area contributed by atoms with Gasteiger partial charge >= 0.3 is 5.97 Å². The molecule has 0 aliphatic carbocycles. The van der Waals surface area contributed by atoms with E-state index in [1.54, 1.807) is 0 Å². The first-order chi connectivity index (χ1) is 14.4. The second kappa shape index (κ2) is 8.17. The second-order valence-corrected chi connectivity index (χ2v) is 8.94. The Hall–Kier alpha value is -2.76. The zero-order chi connectivity index (χ0) is 21.4. The van der Waals surface area contributed by atoms with E-state index in [2.05, 4.69) is 31.7 Å². The van der Waals surface area contributed by atoms with Crippen molar-refractivity contribution in [3.8, 4) is 17.0 Å². The largest absolute Gasteiger partial charge is 0.491 e. The number of nitrogens with zero attached hydrogens (tertiary/aromatic N) is 2. The molecule has 6 heteroatoms. The van der Waals surface area contributed by atoms with Gasteiger partial charge in [-0.25, -0.2) is 4.79 Å². The molecule has 0 bridgehead atoms. The summed E-state index contributed by atoms with van der Waals surface area (Å²) in [7, 11) is 0. The van der Waals surface area contributed by atoms with Crippen molar-refractivity contribution in [3.05, 3.63) is 45.2 Å². The van der Waals surface area contributed by atoms with Gasteiger partial charge in [0.25, 0.3) is 0 Å². The molecule has 6 nitrogen and oxygen atoms in total. The van der Waals surface area contributed by atoms with Crippen molar-refractivity contribution >= 4 is 11.7 Å². The van der Waals surface area contributed by atoms with Gasteiger partial charge < -0.3 is 19.3 Å². The Bertz CT molecular complexity index is 1030. The van der Waals surface area contributed by atoms with Crippen molar-refractivity contribution < 1.29 is 14.6 Å². The van der Waals surface area contributed by atoms with Crippen LogP contribution in [0.4, 0.5) is 5.69 Å². The number of anilines is 1. The molecule has 0 amide bonds. The zero-order valence-electron chi connectivity index (χ0n) is 18.0. The zero-order valence-corrected chi connectivity index (χ0v) is 18.0. The number of carboxylic acid groups (broad SMARTS) is 1. The molecule has 0 saturated carbocycles. The van der Waals surface area contributed by atoms with Gasteiger partial charge in [-0.15, -0.1) is 0 Å². The minimum atomic E-state index is -1.17. The fourth-order valence-corrected chi connectivity index (χ4v) is 4.52. The Labute approximate surface area is 177 Å². The molecule has 1 N–H and O–H groups in total. The number of hydrogen-bond acceptors (Lipinski definition) is 4. The Morgan fingerprint density at radius 3 is 2.43 bits per heavy atom. The van der Waals surface area contributed by atoms with Crippen LogP contribution in [-0.2, 0) is 19.4 Å². The number of pyridine rings is 1. The SMILES string of the molecule is CC(C)C.O=C(O)c1cn2c(cc1=O)-c1cc(N3CCCC3)c3c(c1CC2)CCO3. The van der Waals surface area contributed by atoms with E-state index in [4.69, 9.17) is 4.74 Å². The van der Waals surface area contributed by atoms with Gasteiger partial charge in [0.15, 0.2) is 5.43 Å². The van der Waals surface area contributed by atoms with Gasteiger partial charge in [0, 0.05) is 49.4 Å². The lowest BCUT2D eigenvalue weighted by Crippen LogP contribution is -2.23. The molecule has 1 aromatic carbocycles. The van der Waals surface area contributed by atoms with Crippen molar-refractivity contribution in [1.29, 1.82) is 0 Å². The van der Waals surface area contributed by atoms with E-state index in [9.17, 15) is 14.7 Å². The number of ether oxygens (including phenoxy) is 1. The van der Waals surface area contributed by atoms with Gasteiger partial charge in [-0.05, 0) is 36.8 Å². The molecular formula is C24H30N2O4. The molecule has 4 heterocycles. The Morgan fingerprint density at radius 1 is 1.07 bits per heavy atom. The number of aromatic nitrogens is 1. The van der Waals surface area contributed by atoms with E-state index in [1.165, 1.54) is 36.2 Å². The number of rotatable bonds is 2. The van der Waals surface area contributed by atoms with Crippen LogP contribution >= 0.6 is 0 Å². The highest BCUT2D eigenvalue weighted by atomic mass is 16.5. The van der Waals surface area contributed by atoms with Crippen molar-refractivity contribution in [3.63, 3.8) is 0 Å². The number of fused-ring (bicyclic) bond motifs is 5. The normalized spacial score (nSPS) is 16.3. The summed E-state index contributed by atoms with van der Waals surface area (Å²) in [5, 5.41) is 9.24.